The van der Waals surface area contributed by atoms with Gasteiger partial charge in [-0.15, -0.1) is 0 Å². The summed E-state index contributed by atoms with van der Waals surface area (Å²) < 4.78 is 0. The second-order valence-electron chi connectivity index (χ2n) is 8.24. The van der Waals surface area contributed by atoms with E-state index in [2.05, 4.69) is 21.3 Å². The summed E-state index contributed by atoms with van der Waals surface area (Å²) in [7, 11) is 0. The van der Waals surface area contributed by atoms with Crippen molar-refractivity contribution < 1.29 is 14.4 Å². The van der Waals surface area contributed by atoms with Crippen molar-refractivity contribution in [3.8, 4) is 0 Å². The van der Waals surface area contributed by atoms with Crippen molar-refractivity contribution in [3.63, 3.8) is 0 Å². The molecule has 176 valence electrons. The molecule has 0 aliphatic heterocycles. The Labute approximate surface area is 199 Å². The zero-order chi connectivity index (χ0) is 23.6. The fourth-order valence-electron chi connectivity index (χ4n) is 3.75. The summed E-state index contributed by atoms with van der Waals surface area (Å²) in [4.78, 5) is 37.0. The first-order valence-electron chi connectivity index (χ1n) is 11.5. The van der Waals surface area contributed by atoms with E-state index in [4.69, 9.17) is 11.6 Å². The van der Waals surface area contributed by atoms with E-state index < -0.39 is 0 Å². The highest BCUT2D eigenvalue weighted by molar-refractivity contribution is 6.34. The van der Waals surface area contributed by atoms with Crippen LogP contribution < -0.4 is 21.3 Å². The molecule has 0 spiro atoms. The lowest BCUT2D eigenvalue weighted by atomic mass is 9.95. The highest BCUT2D eigenvalue weighted by Crippen LogP contribution is 2.23. The lowest BCUT2D eigenvalue weighted by Gasteiger charge is -2.23. The molecule has 0 unspecified atom stereocenters. The Hall–Kier alpha value is -3.06. The SMILES string of the molecule is CCCNC(=O)c1ccc(NC(=O)CNc2ccc(Cl)c(C(=O)NC3CCCCC3)c2)cc1. The monoisotopic (exact) mass is 470 g/mol. The van der Waals surface area contributed by atoms with Crippen LogP contribution in [0.2, 0.25) is 5.02 Å². The summed E-state index contributed by atoms with van der Waals surface area (Å²) in [5.41, 5.74) is 2.16. The van der Waals surface area contributed by atoms with Gasteiger partial charge in [0, 0.05) is 29.5 Å². The van der Waals surface area contributed by atoms with Crippen LogP contribution in [0.15, 0.2) is 42.5 Å². The zero-order valence-electron chi connectivity index (χ0n) is 18.9. The summed E-state index contributed by atoms with van der Waals surface area (Å²) in [6.45, 7) is 2.63. The van der Waals surface area contributed by atoms with Crippen LogP contribution in [0.3, 0.4) is 0 Å². The predicted molar refractivity (Wildman–Crippen MR) is 132 cm³/mol. The number of amides is 3. The van der Waals surface area contributed by atoms with Crippen molar-refractivity contribution in [2.45, 2.75) is 51.5 Å². The lowest BCUT2D eigenvalue weighted by Crippen LogP contribution is -2.36. The Bertz CT molecular complexity index is 972. The van der Waals surface area contributed by atoms with Gasteiger partial charge in [0.05, 0.1) is 17.1 Å². The molecule has 0 radical (unpaired) electrons. The number of benzene rings is 2. The number of anilines is 2. The van der Waals surface area contributed by atoms with E-state index in [-0.39, 0.29) is 30.3 Å². The standard InChI is InChI=1S/C25H31ClN4O3/c1-2-14-27-24(32)17-8-10-19(11-9-17)29-23(31)16-28-20-12-13-22(26)21(15-20)25(33)30-18-6-4-3-5-7-18/h8-13,15,18,28H,2-7,14,16H2,1H3,(H,27,32)(H,29,31)(H,30,33). The lowest BCUT2D eigenvalue weighted by molar-refractivity contribution is -0.114. The number of carbonyl (C=O) groups excluding carboxylic acids is 3. The van der Waals surface area contributed by atoms with Gasteiger partial charge in [0.15, 0.2) is 0 Å². The Morgan fingerprint density at radius 2 is 1.64 bits per heavy atom. The van der Waals surface area contributed by atoms with Crippen LogP contribution in [0.25, 0.3) is 0 Å². The van der Waals surface area contributed by atoms with Gasteiger partial charge in [-0.05, 0) is 61.7 Å². The normalized spacial score (nSPS) is 13.8. The first kappa shape index (κ1) is 24.6. The molecule has 1 aliphatic rings. The Kier molecular flexibility index (Phi) is 9.13. The molecular formula is C25H31ClN4O3. The number of rotatable bonds is 9. The van der Waals surface area contributed by atoms with Crippen molar-refractivity contribution in [2.24, 2.45) is 0 Å². The average molecular weight is 471 g/mol. The molecule has 33 heavy (non-hydrogen) atoms. The number of nitrogens with one attached hydrogen (secondary N) is 4. The molecule has 0 heterocycles. The second-order valence-corrected chi connectivity index (χ2v) is 8.65. The number of hydrogen-bond donors (Lipinski definition) is 4. The van der Waals surface area contributed by atoms with Gasteiger partial charge in [-0.1, -0.05) is 37.8 Å². The third-order valence-electron chi connectivity index (χ3n) is 5.57. The molecule has 3 rings (SSSR count). The zero-order valence-corrected chi connectivity index (χ0v) is 19.6. The van der Waals surface area contributed by atoms with Crippen LogP contribution in [0.1, 0.15) is 66.2 Å². The number of halogens is 1. The van der Waals surface area contributed by atoms with Crippen molar-refractivity contribution >= 4 is 40.7 Å². The third kappa shape index (κ3) is 7.49. The number of carbonyl (C=O) groups is 3. The molecule has 1 saturated carbocycles. The maximum atomic E-state index is 12.7. The van der Waals surface area contributed by atoms with Gasteiger partial charge in [0.1, 0.15) is 0 Å². The van der Waals surface area contributed by atoms with Crippen LogP contribution in [0, 0.1) is 0 Å². The smallest absolute Gasteiger partial charge is 0.253 e. The Morgan fingerprint density at radius 1 is 0.939 bits per heavy atom. The molecule has 1 aliphatic carbocycles. The van der Waals surface area contributed by atoms with Crippen molar-refractivity contribution in [3.05, 3.63) is 58.6 Å². The summed E-state index contributed by atoms with van der Waals surface area (Å²) >= 11 is 6.25. The molecule has 4 N–H and O–H groups in total. The van der Waals surface area contributed by atoms with Crippen LogP contribution in [0.4, 0.5) is 11.4 Å². The molecule has 0 saturated heterocycles. The molecule has 0 atom stereocenters. The summed E-state index contributed by atoms with van der Waals surface area (Å²) in [6, 6.07) is 12.0. The first-order chi connectivity index (χ1) is 16.0. The Balaban J connectivity index is 1.52. The molecule has 2 aromatic carbocycles. The van der Waals surface area contributed by atoms with Gasteiger partial charge in [-0.3, -0.25) is 14.4 Å². The van der Waals surface area contributed by atoms with Gasteiger partial charge >= 0.3 is 0 Å². The summed E-state index contributed by atoms with van der Waals surface area (Å²) in [5, 5.41) is 12.1. The highest BCUT2D eigenvalue weighted by Gasteiger charge is 2.18. The summed E-state index contributed by atoms with van der Waals surface area (Å²) in [6.07, 6.45) is 6.33. The minimum absolute atomic E-state index is 0.0179. The maximum Gasteiger partial charge on any atom is 0.253 e. The van der Waals surface area contributed by atoms with E-state index >= 15 is 0 Å². The maximum absolute atomic E-state index is 12.7. The van der Waals surface area contributed by atoms with Crippen LogP contribution in [-0.4, -0.2) is 36.9 Å². The summed E-state index contributed by atoms with van der Waals surface area (Å²) in [5.74, 6) is -0.577. The first-order valence-corrected chi connectivity index (χ1v) is 11.9. The second kappa shape index (κ2) is 12.3. The van der Waals surface area contributed by atoms with Crippen LogP contribution in [0.5, 0.6) is 0 Å². The van der Waals surface area contributed by atoms with Gasteiger partial charge in [0.2, 0.25) is 5.91 Å². The van der Waals surface area contributed by atoms with Crippen LogP contribution >= 0.6 is 11.6 Å². The number of hydrogen-bond acceptors (Lipinski definition) is 4. The van der Waals surface area contributed by atoms with Crippen molar-refractivity contribution in [1.29, 1.82) is 0 Å². The fourth-order valence-corrected chi connectivity index (χ4v) is 3.96. The van der Waals surface area contributed by atoms with Gasteiger partial charge in [-0.2, -0.15) is 0 Å². The topological polar surface area (TPSA) is 99.3 Å². The van der Waals surface area contributed by atoms with Gasteiger partial charge < -0.3 is 21.3 Å². The predicted octanol–water partition coefficient (Wildman–Crippen LogP) is 4.59. The molecular weight excluding hydrogens is 440 g/mol. The molecule has 8 heteroatoms. The molecule has 0 bridgehead atoms. The molecule has 7 nitrogen and oxygen atoms in total. The van der Waals surface area contributed by atoms with Crippen molar-refractivity contribution in [1.82, 2.24) is 10.6 Å². The Morgan fingerprint density at radius 3 is 2.33 bits per heavy atom. The van der Waals surface area contributed by atoms with E-state index in [1.165, 1.54) is 6.42 Å². The van der Waals surface area contributed by atoms with E-state index in [1.54, 1.807) is 42.5 Å². The third-order valence-corrected chi connectivity index (χ3v) is 5.90. The van der Waals surface area contributed by atoms with E-state index in [9.17, 15) is 14.4 Å². The molecule has 1 fully saturated rings. The largest absolute Gasteiger partial charge is 0.376 e. The fraction of sp³-hybridized carbons (Fsp3) is 0.400. The average Bonchev–Trinajstić information content (AvgIpc) is 2.83. The van der Waals surface area contributed by atoms with Crippen LogP contribution in [-0.2, 0) is 4.79 Å². The quantitative estimate of drug-likeness (QED) is 0.430. The molecule has 3 amide bonds. The minimum Gasteiger partial charge on any atom is -0.376 e. The van der Waals surface area contributed by atoms with E-state index in [0.717, 1.165) is 32.1 Å². The minimum atomic E-state index is -0.249. The highest BCUT2D eigenvalue weighted by atomic mass is 35.5. The molecule has 0 aromatic heterocycles. The van der Waals surface area contributed by atoms with Crippen molar-refractivity contribution in [2.75, 3.05) is 23.7 Å². The van der Waals surface area contributed by atoms with Gasteiger partial charge in [-0.25, -0.2) is 0 Å². The van der Waals surface area contributed by atoms with Gasteiger partial charge in [0.25, 0.3) is 11.8 Å². The van der Waals surface area contributed by atoms with E-state index in [1.807, 2.05) is 6.92 Å². The van der Waals surface area contributed by atoms with E-state index in [0.29, 0.717) is 34.1 Å². The molecule has 2 aromatic rings.